The molecule has 0 saturated carbocycles. The predicted molar refractivity (Wildman–Crippen MR) is 116 cm³/mol. The third kappa shape index (κ3) is 4.89. The topological polar surface area (TPSA) is 103 Å². The molecule has 0 saturated heterocycles. The Morgan fingerprint density at radius 1 is 1.16 bits per heavy atom. The summed E-state index contributed by atoms with van der Waals surface area (Å²) in [6.45, 7) is 4.61. The zero-order valence-electron chi connectivity index (χ0n) is 18.0. The van der Waals surface area contributed by atoms with E-state index in [4.69, 9.17) is 9.26 Å². The van der Waals surface area contributed by atoms with Gasteiger partial charge in [0.25, 0.3) is 5.89 Å². The first-order valence-corrected chi connectivity index (χ1v) is 11.9. The number of carbonyl (C=O) groups excluding carboxylic acids is 1. The number of rotatable bonds is 7. The second kappa shape index (κ2) is 9.22. The van der Waals surface area contributed by atoms with Crippen molar-refractivity contribution in [1.29, 1.82) is 0 Å². The Bertz CT molecular complexity index is 1220. The van der Waals surface area contributed by atoms with Crippen LogP contribution < -0.4 is 0 Å². The summed E-state index contributed by atoms with van der Waals surface area (Å²) in [4.78, 5) is 16.8. The van der Waals surface area contributed by atoms with Gasteiger partial charge in [0.1, 0.15) is 0 Å². The molecule has 1 aliphatic heterocycles. The van der Waals surface area contributed by atoms with Crippen molar-refractivity contribution in [2.24, 2.45) is 5.92 Å². The Hall–Kier alpha value is -3.04. The molecule has 32 heavy (non-hydrogen) atoms. The quantitative estimate of drug-likeness (QED) is 0.503. The normalized spacial score (nSPS) is 14.3. The fourth-order valence-electron chi connectivity index (χ4n) is 3.62. The van der Waals surface area contributed by atoms with E-state index in [0.29, 0.717) is 37.7 Å². The minimum absolute atomic E-state index is 0.0586. The summed E-state index contributed by atoms with van der Waals surface area (Å²) in [7, 11) is -3.75. The van der Waals surface area contributed by atoms with E-state index in [2.05, 4.69) is 10.1 Å². The van der Waals surface area contributed by atoms with Crippen molar-refractivity contribution >= 4 is 16.0 Å². The van der Waals surface area contributed by atoms with Gasteiger partial charge in [0.15, 0.2) is 12.4 Å². The third-order valence-electron chi connectivity index (χ3n) is 5.23. The van der Waals surface area contributed by atoms with Crippen LogP contribution in [-0.2, 0) is 40.8 Å². The van der Waals surface area contributed by atoms with Crippen LogP contribution >= 0.6 is 0 Å². The fourth-order valence-corrected chi connectivity index (χ4v) is 5.08. The van der Waals surface area contributed by atoms with Crippen LogP contribution in [0.4, 0.5) is 0 Å². The molecule has 0 aliphatic carbocycles. The van der Waals surface area contributed by atoms with E-state index in [1.165, 1.54) is 28.6 Å². The van der Waals surface area contributed by atoms with Crippen LogP contribution in [-0.4, -0.2) is 35.4 Å². The Labute approximate surface area is 187 Å². The van der Waals surface area contributed by atoms with Crippen LogP contribution in [0, 0.1) is 5.92 Å². The summed E-state index contributed by atoms with van der Waals surface area (Å²) in [5.74, 6) is 0.475. The molecule has 0 amide bonds. The first-order chi connectivity index (χ1) is 15.3. The molecule has 0 bridgehead atoms. The van der Waals surface area contributed by atoms with Crippen molar-refractivity contribution in [3.05, 3.63) is 76.9 Å². The van der Waals surface area contributed by atoms with Gasteiger partial charge in [0.05, 0.1) is 10.5 Å². The number of hydrogen-bond acceptors (Lipinski definition) is 7. The lowest BCUT2D eigenvalue weighted by Gasteiger charge is -2.28. The molecule has 0 spiro atoms. The van der Waals surface area contributed by atoms with Crippen LogP contribution in [0.1, 0.15) is 47.0 Å². The Balaban J connectivity index is 1.44. The van der Waals surface area contributed by atoms with Crippen molar-refractivity contribution in [2.45, 2.75) is 44.7 Å². The Kier molecular flexibility index (Phi) is 6.38. The summed E-state index contributed by atoms with van der Waals surface area (Å²) in [5.41, 5.74) is 2.30. The molecule has 4 rings (SSSR count). The van der Waals surface area contributed by atoms with E-state index < -0.39 is 16.0 Å². The van der Waals surface area contributed by atoms with Gasteiger partial charge in [-0.2, -0.15) is 9.29 Å². The number of fused-ring (bicyclic) bond motifs is 1. The molecule has 2 heterocycles. The fraction of sp³-hybridized carbons (Fsp3) is 0.348. The van der Waals surface area contributed by atoms with Crippen molar-refractivity contribution in [3.63, 3.8) is 0 Å². The lowest BCUT2D eigenvalue weighted by Crippen LogP contribution is -2.36. The van der Waals surface area contributed by atoms with Crippen LogP contribution in [0.5, 0.6) is 0 Å². The summed E-state index contributed by atoms with van der Waals surface area (Å²) < 4.78 is 38.1. The smallest absolute Gasteiger partial charge is 0.338 e. The zero-order valence-corrected chi connectivity index (χ0v) is 18.8. The minimum atomic E-state index is -3.75. The second-order valence-corrected chi connectivity index (χ2v) is 10.1. The average molecular weight is 456 g/mol. The standard InChI is InChI=1S/C23H25N3O5S/c1-16(2)12-21-24-22(31-25-21)15-30-23(27)18-8-5-9-20(13-18)32(28,29)26-11-10-17-6-3-4-7-19(17)14-26/h3-9,13,16H,10-12,14-15H2,1-2H3. The van der Waals surface area contributed by atoms with Gasteiger partial charge in [-0.05, 0) is 41.7 Å². The van der Waals surface area contributed by atoms with E-state index in [0.717, 1.165) is 11.1 Å². The first kappa shape index (κ1) is 22.2. The number of benzene rings is 2. The highest BCUT2D eigenvalue weighted by Crippen LogP contribution is 2.25. The van der Waals surface area contributed by atoms with Gasteiger partial charge in [-0.1, -0.05) is 49.3 Å². The first-order valence-electron chi connectivity index (χ1n) is 10.5. The number of sulfonamides is 1. The van der Waals surface area contributed by atoms with Crippen LogP contribution in [0.2, 0.25) is 0 Å². The van der Waals surface area contributed by atoms with E-state index in [1.54, 1.807) is 0 Å². The summed E-state index contributed by atoms with van der Waals surface area (Å²) in [5, 5.41) is 3.86. The van der Waals surface area contributed by atoms with Gasteiger partial charge in [-0.25, -0.2) is 13.2 Å². The number of nitrogens with zero attached hydrogens (tertiary/aromatic N) is 3. The monoisotopic (exact) mass is 455 g/mol. The van der Waals surface area contributed by atoms with Gasteiger partial charge < -0.3 is 9.26 Å². The zero-order chi connectivity index (χ0) is 22.7. The molecule has 0 radical (unpaired) electrons. The Morgan fingerprint density at radius 3 is 2.72 bits per heavy atom. The number of carbonyl (C=O) groups is 1. The minimum Gasteiger partial charge on any atom is -0.452 e. The molecule has 0 N–H and O–H groups in total. The molecular formula is C23H25N3O5S. The van der Waals surface area contributed by atoms with Crippen molar-refractivity contribution in [2.75, 3.05) is 6.54 Å². The van der Waals surface area contributed by atoms with Crippen molar-refractivity contribution in [1.82, 2.24) is 14.4 Å². The lowest BCUT2D eigenvalue weighted by molar-refractivity contribution is 0.0429. The molecule has 168 valence electrons. The van der Waals surface area contributed by atoms with Crippen molar-refractivity contribution in [3.8, 4) is 0 Å². The number of ether oxygens (including phenoxy) is 1. The maximum absolute atomic E-state index is 13.2. The number of esters is 1. The van der Waals surface area contributed by atoms with E-state index in [1.807, 2.05) is 38.1 Å². The van der Waals surface area contributed by atoms with Crippen LogP contribution in [0.25, 0.3) is 0 Å². The highest BCUT2D eigenvalue weighted by molar-refractivity contribution is 7.89. The summed E-state index contributed by atoms with van der Waals surface area (Å²) >= 11 is 0. The maximum atomic E-state index is 13.2. The van der Waals surface area contributed by atoms with Gasteiger partial charge in [0.2, 0.25) is 10.0 Å². The lowest BCUT2D eigenvalue weighted by atomic mass is 10.0. The van der Waals surface area contributed by atoms with Crippen LogP contribution in [0.15, 0.2) is 57.9 Å². The van der Waals surface area contributed by atoms with Gasteiger partial charge in [0, 0.05) is 19.5 Å². The Morgan fingerprint density at radius 2 is 1.94 bits per heavy atom. The molecule has 1 aromatic heterocycles. The van der Waals surface area contributed by atoms with Gasteiger partial charge in [-0.15, -0.1) is 0 Å². The summed E-state index contributed by atoms with van der Waals surface area (Å²) in [6.07, 6.45) is 1.32. The molecule has 0 unspecified atom stereocenters. The summed E-state index contributed by atoms with van der Waals surface area (Å²) in [6, 6.07) is 13.7. The van der Waals surface area contributed by atoms with Crippen LogP contribution in [0.3, 0.4) is 0 Å². The average Bonchev–Trinajstić information content (AvgIpc) is 3.23. The molecule has 2 aromatic carbocycles. The highest BCUT2D eigenvalue weighted by atomic mass is 32.2. The largest absolute Gasteiger partial charge is 0.452 e. The van der Waals surface area contributed by atoms with Crippen molar-refractivity contribution < 1.29 is 22.5 Å². The number of hydrogen-bond donors (Lipinski definition) is 0. The van der Waals surface area contributed by atoms with E-state index in [-0.39, 0.29) is 23.0 Å². The maximum Gasteiger partial charge on any atom is 0.338 e. The highest BCUT2D eigenvalue weighted by Gasteiger charge is 2.28. The van der Waals surface area contributed by atoms with E-state index in [9.17, 15) is 13.2 Å². The molecule has 9 heteroatoms. The SMILES string of the molecule is CC(C)Cc1noc(COC(=O)c2cccc(S(=O)(=O)N3CCc4ccccc4C3)c2)n1. The molecule has 3 aromatic rings. The van der Waals surface area contributed by atoms with Gasteiger partial charge in [-0.3, -0.25) is 0 Å². The predicted octanol–water partition coefficient (Wildman–Crippen LogP) is 3.37. The third-order valence-corrected chi connectivity index (χ3v) is 7.07. The van der Waals surface area contributed by atoms with Gasteiger partial charge >= 0.3 is 5.97 Å². The number of aromatic nitrogens is 2. The van der Waals surface area contributed by atoms with E-state index >= 15 is 0 Å². The molecule has 8 nitrogen and oxygen atoms in total. The molecule has 0 atom stereocenters. The second-order valence-electron chi connectivity index (χ2n) is 8.16. The molecular weight excluding hydrogens is 430 g/mol. The molecule has 1 aliphatic rings. The molecule has 0 fully saturated rings.